The van der Waals surface area contributed by atoms with E-state index >= 15 is 0 Å². The highest BCUT2D eigenvalue weighted by Crippen LogP contribution is 2.42. The maximum Gasteiger partial charge on any atom is 0.328 e. The third-order valence-corrected chi connectivity index (χ3v) is 10.9. The van der Waals surface area contributed by atoms with Gasteiger partial charge < -0.3 is 24.2 Å². The summed E-state index contributed by atoms with van der Waals surface area (Å²) in [6, 6.07) is 0. The minimum Gasteiger partial charge on any atom is -0.462 e. The van der Waals surface area contributed by atoms with Crippen LogP contribution in [0.4, 0.5) is 0 Å². The second-order valence-electron chi connectivity index (χ2n) is 14.6. The number of hydrogen-bond acceptors (Lipinski definition) is 7. The van der Waals surface area contributed by atoms with Gasteiger partial charge in [-0.1, -0.05) is 154 Å². The van der Waals surface area contributed by atoms with E-state index in [0.717, 1.165) is 51.4 Å². The van der Waals surface area contributed by atoms with Gasteiger partial charge in [0.05, 0.1) is 12.8 Å². The molecule has 0 spiro atoms. The lowest BCUT2D eigenvalue weighted by molar-refractivity contribution is -0.159. The molecule has 0 aromatic carbocycles. The van der Waals surface area contributed by atoms with Crippen LogP contribution in [0.2, 0.25) is 0 Å². The Labute approximate surface area is 314 Å². The third kappa shape index (κ3) is 38.3. The molecule has 0 fully saturated rings. The maximum absolute atomic E-state index is 12.7. The Hall–Kier alpha value is -1.21. The summed E-state index contributed by atoms with van der Waals surface area (Å²) in [5.74, 6) is -0.581. The van der Waals surface area contributed by atoms with E-state index in [2.05, 4.69) is 31.3 Å². The molecular weight excluding hydrogens is 661 g/mol. The Morgan fingerprint density at radius 1 is 0.627 bits per heavy atom. The van der Waals surface area contributed by atoms with Crippen molar-refractivity contribution in [3.8, 4) is 0 Å². The smallest absolute Gasteiger partial charge is 0.328 e. The van der Waals surface area contributed by atoms with Gasteiger partial charge in [-0.15, -0.1) is 0 Å². The number of hydrogen-bond donors (Lipinski definition) is 2. The SMILES string of the molecule is CCCCCCCC/C=C\CCCCCCCC(=O)OC(CCCP(=O)(O)OCCNC)COC(=O)CCCCCCCCCCCCCCC. The molecule has 0 saturated heterocycles. The Morgan fingerprint density at radius 3 is 1.53 bits per heavy atom. The van der Waals surface area contributed by atoms with Gasteiger partial charge in [0.2, 0.25) is 0 Å². The molecule has 9 heteroatoms. The van der Waals surface area contributed by atoms with Gasteiger partial charge in [-0.05, 0) is 58.4 Å². The van der Waals surface area contributed by atoms with Crippen molar-refractivity contribution in [1.29, 1.82) is 0 Å². The number of likely N-dealkylation sites (N-methyl/N-ethyl adjacent to an activating group) is 1. The standard InChI is InChI=1S/C42H82NO7P/c1-4-6-8-10-12-14-16-18-19-21-23-25-27-29-31-35-42(45)50-40(33-32-38-51(46,47)49-37-36-43-3)39-48-41(44)34-30-28-26-24-22-20-17-15-13-11-9-7-5-2/h18-19,40,43H,4-17,20-39H2,1-3H3,(H,46,47)/b19-18-. The highest BCUT2D eigenvalue weighted by atomic mass is 31.2. The number of carbonyl (C=O) groups excluding carboxylic acids is 2. The summed E-state index contributed by atoms with van der Waals surface area (Å²) in [7, 11) is -1.98. The molecule has 0 bridgehead atoms. The van der Waals surface area contributed by atoms with Crippen LogP contribution in [-0.2, 0) is 28.2 Å². The van der Waals surface area contributed by atoms with E-state index in [1.165, 1.54) is 116 Å². The summed E-state index contributed by atoms with van der Waals surface area (Å²) in [6.07, 6.45) is 37.1. The van der Waals surface area contributed by atoms with Gasteiger partial charge in [0, 0.05) is 19.4 Å². The van der Waals surface area contributed by atoms with Gasteiger partial charge >= 0.3 is 19.5 Å². The average molecular weight is 744 g/mol. The highest BCUT2D eigenvalue weighted by molar-refractivity contribution is 7.52. The van der Waals surface area contributed by atoms with Gasteiger partial charge in [0.15, 0.2) is 0 Å². The van der Waals surface area contributed by atoms with Crippen LogP contribution < -0.4 is 5.32 Å². The quantitative estimate of drug-likeness (QED) is 0.0276. The van der Waals surface area contributed by atoms with Gasteiger partial charge in [0.1, 0.15) is 12.7 Å². The summed E-state index contributed by atoms with van der Waals surface area (Å²) in [5, 5.41) is 2.89. The van der Waals surface area contributed by atoms with Gasteiger partial charge in [-0.3, -0.25) is 14.2 Å². The predicted octanol–water partition coefficient (Wildman–Crippen LogP) is 12.2. The maximum atomic E-state index is 12.7. The summed E-state index contributed by atoms with van der Waals surface area (Å²) in [5.41, 5.74) is 0. The molecule has 0 aromatic heterocycles. The van der Waals surface area contributed by atoms with Crippen molar-refractivity contribution in [2.45, 2.75) is 213 Å². The largest absolute Gasteiger partial charge is 0.462 e. The lowest BCUT2D eigenvalue weighted by Gasteiger charge is -2.19. The first-order chi connectivity index (χ1) is 24.8. The second kappa shape index (κ2) is 38.5. The summed E-state index contributed by atoms with van der Waals surface area (Å²) < 4.78 is 28.7. The first kappa shape index (κ1) is 49.8. The Balaban J connectivity index is 4.27. The van der Waals surface area contributed by atoms with Crippen molar-refractivity contribution in [2.75, 3.05) is 33.0 Å². The van der Waals surface area contributed by atoms with Crippen LogP contribution in [0.1, 0.15) is 206 Å². The van der Waals surface area contributed by atoms with Crippen LogP contribution in [0.25, 0.3) is 0 Å². The first-order valence-corrected chi connectivity index (χ1v) is 23.2. The molecule has 0 saturated carbocycles. The molecule has 2 atom stereocenters. The summed E-state index contributed by atoms with van der Waals surface area (Å²) in [6.45, 7) is 5.12. The molecule has 8 nitrogen and oxygen atoms in total. The number of carbonyl (C=O) groups is 2. The van der Waals surface area contributed by atoms with E-state index in [9.17, 15) is 19.0 Å². The van der Waals surface area contributed by atoms with Crippen molar-refractivity contribution in [1.82, 2.24) is 5.32 Å². The average Bonchev–Trinajstić information content (AvgIpc) is 3.10. The number of rotatable bonds is 40. The van der Waals surface area contributed by atoms with Crippen LogP contribution in [0.5, 0.6) is 0 Å². The fourth-order valence-corrected chi connectivity index (χ4v) is 7.27. The van der Waals surface area contributed by atoms with Crippen molar-refractivity contribution in [3.63, 3.8) is 0 Å². The Kier molecular flexibility index (Phi) is 37.6. The zero-order valence-electron chi connectivity index (χ0n) is 33.6. The molecular formula is C42H82NO7P. The van der Waals surface area contributed by atoms with Gasteiger partial charge in [-0.25, -0.2) is 0 Å². The zero-order valence-corrected chi connectivity index (χ0v) is 34.5. The van der Waals surface area contributed by atoms with E-state index in [-0.39, 0.29) is 31.3 Å². The van der Waals surface area contributed by atoms with Crippen LogP contribution in [-0.4, -0.2) is 55.9 Å². The minimum absolute atomic E-state index is 0.0221. The molecule has 0 rings (SSSR count). The number of esters is 2. The topological polar surface area (TPSA) is 111 Å². The number of nitrogens with one attached hydrogen (secondary N) is 1. The van der Waals surface area contributed by atoms with E-state index < -0.39 is 13.7 Å². The molecule has 0 amide bonds. The third-order valence-electron chi connectivity index (χ3n) is 9.47. The molecule has 2 N–H and O–H groups in total. The Morgan fingerprint density at radius 2 is 1.06 bits per heavy atom. The lowest BCUT2D eigenvalue weighted by atomic mass is 10.0. The molecule has 0 aliphatic carbocycles. The number of unbranched alkanes of at least 4 members (excludes halogenated alkanes) is 23. The normalized spacial score (nSPS) is 13.4. The van der Waals surface area contributed by atoms with Crippen LogP contribution >= 0.6 is 7.60 Å². The van der Waals surface area contributed by atoms with Gasteiger partial charge in [-0.2, -0.15) is 0 Å². The van der Waals surface area contributed by atoms with Crippen molar-refractivity contribution >= 4 is 19.5 Å². The van der Waals surface area contributed by atoms with Crippen molar-refractivity contribution in [3.05, 3.63) is 12.2 Å². The first-order valence-electron chi connectivity index (χ1n) is 21.5. The summed E-state index contributed by atoms with van der Waals surface area (Å²) >= 11 is 0. The number of allylic oxidation sites excluding steroid dienone is 2. The summed E-state index contributed by atoms with van der Waals surface area (Å²) in [4.78, 5) is 35.2. The minimum atomic E-state index is -3.73. The molecule has 51 heavy (non-hydrogen) atoms. The van der Waals surface area contributed by atoms with Crippen LogP contribution in [0, 0.1) is 0 Å². The number of ether oxygens (including phenoxy) is 2. The fraction of sp³-hybridized carbons (Fsp3) is 0.905. The molecule has 0 aliphatic rings. The molecule has 302 valence electrons. The van der Waals surface area contributed by atoms with Crippen LogP contribution in [0.3, 0.4) is 0 Å². The van der Waals surface area contributed by atoms with Crippen molar-refractivity contribution in [2.24, 2.45) is 0 Å². The molecule has 0 radical (unpaired) electrons. The molecule has 0 heterocycles. The molecule has 0 aliphatic heterocycles. The zero-order chi connectivity index (χ0) is 37.5. The van der Waals surface area contributed by atoms with E-state index in [1.807, 2.05) is 0 Å². The van der Waals surface area contributed by atoms with E-state index in [1.54, 1.807) is 7.05 Å². The Bertz CT molecular complexity index is 853. The predicted molar refractivity (Wildman–Crippen MR) is 214 cm³/mol. The second-order valence-corrected chi connectivity index (χ2v) is 16.5. The van der Waals surface area contributed by atoms with E-state index in [4.69, 9.17) is 14.0 Å². The fourth-order valence-electron chi connectivity index (χ4n) is 6.18. The highest BCUT2D eigenvalue weighted by Gasteiger charge is 2.22. The van der Waals surface area contributed by atoms with Gasteiger partial charge in [0.25, 0.3) is 0 Å². The molecule has 2 unspecified atom stereocenters. The monoisotopic (exact) mass is 744 g/mol. The van der Waals surface area contributed by atoms with Crippen molar-refractivity contribution < 1.29 is 33.0 Å². The van der Waals surface area contributed by atoms with Crippen LogP contribution in [0.15, 0.2) is 12.2 Å². The lowest BCUT2D eigenvalue weighted by Crippen LogP contribution is -2.25. The molecule has 0 aromatic rings. The van der Waals surface area contributed by atoms with E-state index in [0.29, 0.717) is 32.2 Å².